The maximum atomic E-state index is 11.9. The van der Waals surface area contributed by atoms with Crippen LogP contribution in [0.3, 0.4) is 0 Å². The molecule has 2 aliphatic rings. The fourth-order valence-corrected chi connectivity index (χ4v) is 6.22. The molecule has 2 fully saturated rings. The summed E-state index contributed by atoms with van der Waals surface area (Å²) in [6, 6.07) is 5.45. The summed E-state index contributed by atoms with van der Waals surface area (Å²) < 4.78 is 1.92. The SMILES string of the molecule is Cc1nn(C(C)c2ccc(Cl)cc2Cl)c2nc(N3CC([C@@H]4CCCN(CCNC(=O)C(C)C)C4)C3)cnc12. The molecule has 2 saturated heterocycles. The molecule has 4 heterocycles. The Morgan fingerprint density at radius 3 is 2.68 bits per heavy atom. The molecule has 204 valence electrons. The smallest absolute Gasteiger partial charge is 0.222 e. The number of anilines is 1. The Hall–Kier alpha value is -2.42. The van der Waals surface area contributed by atoms with Crippen LogP contribution in [0.5, 0.6) is 0 Å². The Morgan fingerprint density at radius 1 is 1.16 bits per heavy atom. The summed E-state index contributed by atoms with van der Waals surface area (Å²) in [5, 5.41) is 9.04. The van der Waals surface area contributed by atoms with Gasteiger partial charge in [0.25, 0.3) is 0 Å². The molecule has 1 amide bonds. The Labute approximate surface area is 234 Å². The average molecular weight is 559 g/mol. The molecule has 2 atom stereocenters. The van der Waals surface area contributed by atoms with E-state index in [1.54, 1.807) is 6.07 Å². The fourth-order valence-electron chi connectivity index (χ4n) is 5.65. The van der Waals surface area contributed by atoms with Crippen LogP contribution < -0.4 is 10.2 Å². The highest BCUT2D eigenvalue weighted by atomic mass is 35.5. The van der Waals surface area contributed by atoms with E-state index in [0.717, 1.165) is 67.5 Å². The molecule has 0 saturated carbocycles. The van der Waals surface area contributed by atoms with Crippen LogP contribution in [0, 0.1) is 24.7 Å². The summed E-state index contributed by atoms with van der Waals surface area (Å²) in [6.07, 6.45) is 4.36. The number of halogens is 2. The van der Waals surface area contributed by atoms with Gasteiger partial charge in [0.2, 0.25) is 5.91 Å². The lowest BCUT2D eigenvalue weighted by Gasteiger charge is -2.47. The topological polar surface area (TPSA) is 79.2 Å². The standard InChI is InChI=1S/C28H37Cl2N7O/c1-17(2)28(38)31-9-11-35-10-5-6-20(14-35)21-15-36(16-21)25-13-32-26-18(3)34-37(27(26)33-25)19(4)23-8-7-22(29)12-24(23)30/h7-8,12-13,17,19-21H,5-6,9-11,14-16H2,1-4H3,(H,31,38)/t19?,20-/m1/s1. The highest BCUT2D eigenvalue weighted by molar-refractivity contribution is 6.35. The molecular weight excluding hydrogens is 521 g/mol. The number of hydrogen-bond donors (Lipinski definition) is 1. The maximum absolute atomic E-state index is 11.9. The molecule has 1 unspecified atom stereocenters. The first-order chi connectivity index (χ1) is 18.2. The van der Waals surface area contributed by atoms with Crippen LogP contribution in [0.1, 0.15) is 50.9 Å². The van der Waals surface area contributed by atoms with Gasteiger partial charge < -0.3 is 15.1 Å². The van der Waals surface area contributed by atoms with Crippen molar-refractivity contribution < 1.29 is 4.79 Å². The minimum absolute atomic E-state index is 0.0355. The van der Waals surface area contributed by atoms with Crippen molar-refractivity contribution in [3.63, 3.8) is 0 Å². The quantitative estimate of drug-likeness (QED) is 0.421. The number of fused-ring (bicyclic) bond motifs is 1. The number of amides is 1. The third kappa shape index (κ3) is 5.63. The molecule has 1 N–H and O–H groups in total. The molecule has 8 nitrogen and oxygen atoms in total. The summed E-state index contributed by atoms with van der Waals surface area (Å²) in [4.78, 5) is 26.5. The Bertz CT molecular complexity index is 1300. The summed E-state index contributed by atoms with van der Waals surface area (Å²) in [7, 11) is 0. The number of benzene rings is 1. The Balaban J connectivity index is 1.23. The van der Waals surface area contributed by atoms with Crippen molar-refractivity contribution in [2.75, 3.05) is 44.2 Å². The van der Waals surface area contributed by atoms with E-state index in [-0.39, 0.29) is 17.9 Å². The van der Waals surface area contributed by atoms with Crippen molar-refractivity contribution in [2.24, 2.45) is 17.8 Å². The number of rotatable bonds is 8. The van der Waals surface area contributed by atoms with Gasteiger partial charge in [0, 0.05) is 48.7 Å². The molecule has 2 aromatic heterocycles. The zero-order chi connectivity index (χ0) is 27.0. The number of likely N-dealkylation sites (tertiary alicyclic amines) is 1. The van der Waals surface area contributed by atoms with Crippen LogP contribution in [0.4, 0.5) is 5.82 Å². The zero-order valence-electron chi connectivity index (χ0n) is 22.6. The minimum atomic E-state index is -0.108. The van der Waals surface area contributed by atoms with Gasteiger partial charge in [0.15, 0.2) is 5.65 Å². The fraction of sp³-hybridized carbons (Fsp3) is 0.571. The lowest BCUT2D eigenvalue weighted by atomic mass is 9.80. The number of piperidine rings is 1. The number of nitrogens with zero attached hydrogens (tertiary/aromatic N) is 6. The van der Waals surface area contributed by atoms with E-state index in [2.05, 4.69) is 22.0 Å². The predicted molar refractivity (Wildman–Crippen MR) is 153 cm³/mol. The van der Waals surface area contributed by atoms with E-state index in [1.165, 1.54) is 12.8 Å². The van der Waals surface area contributed by atoms with E-state index >= 15 is 0 Å². The molecule has 0 aliphatic carbocycles. The Kier molecular flexibility index (Phi) is 8.12. The largest absolute Gasteiger partial charge is 0.355 e. The molecule has 2 aliphatic heterocycles. The number of hydrogen-bond acceptors (Lipinski definition) is 6. The first-order valence-electron chi connectivity index (χ1n) is 13.6. The highest BCUT2D eigenvalue weighted by Crippen LogP contribution is 2.35. The molecule has 10 heteroatoms. The van der Waals surface area contributed by atoms with Crippen LogP contribution >= 0.6 is 23.2 Å². The molecule has 0 spiro atoms. The van der Waals surface area contributed by atoms with Gasteiger partial charge in [0.1, 0.15) is 11.3 Å². The van der Waals surface area contributed by atoms with E-state index in [0.29, 0.717) is 21.9 Å². The van der Waals surface area contributed by atoms with Gasteiger partial charge in [-0.3, -0.25) is 4.79 Å². The van der Waals surface area contributed by atoms with Gasteiger partial charge in [-0.15, -0.1) is 0 Å². The highest BCUT2D eigenvalue weighted by Gasteiger charge is 2.36. The number of carbonyl (C=O) groups is 1. The van der Waals surface area contributed by atoms with E-state index in [1.807, 2.05) is 43.8 Å². The first-order valence-corrected chi connectivity index (χ1v) is 14.4. The second kappa shape index (κ2) is 11.4. The van der Waals surface area contributed by atoms with Crippen LogP contribution in [0.15, 0.2) is 24.4 Å². The van der Waals surface area contributed by atoms with E-state index in [9.17, 15) is 4.79 Å². The molecule has 0 bridgehead atoms. The van der Waals surface area contributed by atoms with Crippen molar-refractivity contribution in [3.05, 3.63) is 45.7 Å². The van der Waals surface area contributed by atoms with Gasteiger partial charge in [-0.1, -0.05) is 43.1 Å². The molecule has 5 rings (SSSR count). The van der Waals surface area contributed by atoms with E-state index < -0.39 is 0 Å². The summed E-state index contributed by atoms with van der Waals surface area (Å²) in [5.74, 6) is 2.39. The monoisotopic (exact) mass is 557 g/mol. The van der Waals surface area contributed by atoms with Crippen LogP contribution in [0.25, 0.3) is 11.2 Å². The maximum Gasteiger partial charge on any atom is 0.222 e. The number of nitrogens with one attached hydrogen (secondary N) is 1. The number of carbonyl (C=O) groups excluding carboxylic acids is 1. The van der Waals surface area contributed by atoms with Gasteiger partial charge in [-0.25, -0.2) is 14.6 Å². The number of aryl methyl sites for hydroxylation is 1. The molecule has 3 aromatic rings. The van der Waals surface area contributed by atoms with E-state index in [4.69, 9.17) is 38.3 Å². The third-order valence-corrected chi connectivity index (χ3v) is 8.59. The normalized spacial score (nSPS) is 19.7. The Morgan fingerprint density at radius 2 is 1.95 bits per heavy atom. The molecule has 0 radical (unpaired) electrons. The second-order valence-corrected chi connectivity index (χ2v) is 11.9. The van der Waals surface area contributed by atoms with Crippen molar-refractivity contribution in [3.8, 4) is 0 Å². The minimum Gasteiger partial charge on any atom is -0.355 e. The molecule has 38 heavy (non-hydrogen) atoms. The van der Waals surface area contributed by atoms with Crippen LogP contribution in [-0.2, 0) is 4.79 Å². The van der Waals surface area contributed by atoms with Crippen molar-refractivity contribution in [1.29, 1.82) is 0 Å². The lowest BCUT2D eigenvalue weighted by molar-refractivity contribution is -0.124. The van der Waals surface area contributed by atoms with Gasteiger partial charge in [0.05, 0.1) is 17.9 Å². The summed E-state index contributed by atoms with van der Waals surface area (Å²) >= 11 is 12.6. The number of aromatic nitrogens is 4. The van der Waals surface area contributed by atoms with Crippen molar-refractivity contribution in [2.45, 2.75) is 46.6 Å². The van der Waals surface area contributed by atoms with Gasteiger partial charge >= 0.3 is 0 Å². The van der Waals surface area contributed by atoms with Crippen molar-refractivity contribution in [1.82, 2.24) is 30.0 Å². The summed E-state index contributed by atoms with van der Waals surface area (Å²) in [6.45, 7) is 13.8. The van der Waals surface area contributed by atoms with Crippen LogP contribution in [0.2, 0.25) is 10.0 Å². The average Bonchev–Trinajstić information content (AvgIpc) is 3.19. The van der Waals surface area contributed by atoms with Gasteiger partial charge in [-0.2, -0.15) is 5.10 Å². The first kappa shape index (κ1) is 27.2. The summed E-state index contributed by atoms with van der Waals surface area (Å²) in [5.41, 5.74) is 3.39. The predicted octanol–water partition coefficient (Wildman–Crippen LogP) is 4.97. The van der Waals surface area contributed by atoms with Crippen molar-refractivity contribution >= 4 is 46.1 Å². The molecular formula is C28H37Cl2N7O. The second-order valence-electron chi connectivity index (χ2n) is 11.1. The van der Waals surface area contributed by atoms with Gasteiger partial charge in [-0.05, 0) is 62.8 Å². The third-order valence-electron chi connectivity index (χ3n) is 8.03. The van der Waals surface area contributed by atoms with Crippen LogP contribution in [-0.4, -0.2) is 69.8 Å². The lowest BCUT2D eigenvalue weighted by Crippen LogP contribution is -2.54. The zero-order valence-corrected chi connectivity index (χ0v) is 24.1. The molecule has 1 aromatic carbocycles.